The van der Waals surface area contributed by atoms with Crippen LogP contribution < -0.4 is 14.5 Å². The van der Waals surface area contributed by atoms with Gasteiger partial charge in [-0.15, -0.1) is 48.1 Å². The molecule has 0 aliphatic carbocycles. The zero-order valence-corrected chi connectivity index (χ0v) is 31.3. The molecule has 1 aliphatic rings. The van der Waals surface area contributed by atoms with E-state index in [0.29, 0.717) is 11.5 Å². The van der Waals surface area contributed by atoms with Crippen molar-refractivity contribution in [3.05, 3.63) is 176 Å². The van der Waals surface area contributed by atoms with Gasteiger partial charge in [-0.25, -0.2) is 4.98 Å². The van der Waals surface area contributed by atoms with E-state index in [-0.39, 0.29) is 26.5 Å². The van der Waals surface area contributed by atoms with Gasteiger partial charge in [-0.05, 0) is 70.0 Å². The number of aromatic nitrogens is 2. The average Bonchev–Trinajstić information content (AvgIpc) is 3.71. The van der Waals surface area contributed by atoms with Crippen molar-refractivity contribution < 1.29 is 25.8 Å². The van der Waals surface area contributed by atoms with Crippen LogP contribution in [-0.4, -0.2) is 9.55 Å². The topological polar surface area (TPSA) is 33.5 Å². The Morgan fingerprint density at radius 3 is 2.13 bits per heavy atom. The predicted molar refractivity (Wildman–Crippen MR) is 208 cm³/mol. The number of hydrogen-bond acceptors (Lipinski definition) is 4. The second-order valence-corrected chi connectivity index (χ2v) is 13.9. The van der Waals surface area contributed by atoms with Gasteiger partial charge in [0.05, 0.1) is 0 Å². The molecule has 0 atom stereocenters. The first-order valence-electron chi connectivity index (χ1n) is 17.2. The molecule has 0 amide bonds. The molecule has 0 spiro atoms. The minimum absolute atomic E-state index is 0. The SMILES string of the molecule is CC(C)(C)c1cc(-c2ccccc2)cc(N2[CH-]N(c3[c-]c(Oc4[c-]c5c(cc4)c4ccccc4n5-c4ccccn4)ccc3)c3ccccc32)c1.[Pt]. The van der Waals surface area contributed by atoms with Crippen molar-refractivity contribution >= 4 is 44.6 Å². The van der Waals surface area contributed by atoms with E-state index in [2.05, 4.69) is 168 Å². The predicted octanol–water partition coefficient (Wildman–Crippen LogP) is 11.9. The number of rotatable bonds is 6. The minimum atomic E-state index is -0.0239. The van der Waals surface area contributed by atoms with Crippen LogP contribution in [0.4, 0.5) is 22.7 Å². The summed E-state index contributed by atoms with van der Waals surface area (Å²) in [6.07, 6.45) is 1.81. The molecule has 2 aromatic heterocycles. The van der Waals surface area contributed by atoms with Crippen LogP contribution in [0.5, 0.6) is 11.5 Å². The van der Waals surface area contributed by atoms with Crippen LogP contribution >= 0.6 is 0 Å². The number of benzene rings is 6. The molecule has 6 aromatic carbocycles. The van der Waals surface area contributed by atoms with E-state index < -0.39 is 0 Å². The molecule has 0 bridgehead atoms. The number of anilines is 4. The molecule has 9 rings (SSSR count). The molecule has 0 saturated carbocycles. The number of ether oxygens (including phenoxy) is 1. The molecular weight excluding hydrogens is 820 g/mol. The molecule has 52 heavy (non-hydrogen) atoms. The van der Waals surface area contributed by atoms with Gasteiger partial charge in [0.2, 0.25) is 0 Å². The number of hydrogen-bond donors (Lipinski definition) is 0. The van der Waals surface area contributed by atoms with Crippen LogP contribution in [0.1, 0.15) is 26.3 Å². The fourth-order valence-electron chi connectivity index (χ4n) is 6.90. The third-order valence-corrected chi connectivity index (χ3v) is 9.47. The summed E-state index contributed by atoms with van der Waals surface area (Å²) in [5.41, 5.74) is 9.78. The van der Waals surface area contributed by atoms with Crippen LogP contribution in [0.15, 0.2) is 152 Å². The first-order valence-corrected chi connectivity index (χ1v) is 17.2. The van der Waals surface area contributed by atoms with Crippen LogP contribution in [0.2, 0.25) is 0 Å². The first-order chi connectivity index (χ1) is 24.9. The molecule has 0 unspecified atom stereocenters. The second-order valence-electron chi connectivity index (χ2n) is 13.9. The molecule has 0 saturated heterocycles. The Kier molecular flexibility index (Phi) is 8.69. The van der Waals surface area contributed by atoms with E-state index in [0.717, 1.165) is 50.4 Å². The van der Waals surface area contributed by atoms with Crippen molar-refractivity contribution in [1.82, 2.24) is 9.55 Å². The van der Waals surface area contributed by atoms with E-state index in [1.165, 1.54) is 16.7 Å². The monoisotopic (exact) mass is 854 g/mol. The van der Waals surface area contributed by atoms with E-state index in [9.17, 15) is 0 Å². The quantitative estimate of drug-likeness (QED) is 0.156. The van der Waals surface area contributed by atoms with Crippen LogP contribution in [0.25, 0.3) is 38.8 Å². The van der Waals surface area contributed by atoms with Crippen molar-refractivity contribution in [1.29, 1.82) is 0 Å². The van der Waals surface area contributed by atoms with Crippen LogP contribution in [-0.2, 0) is 26.5 Å². The zero-order chi connectivity index (χ0) is 34.5. The van der Waals surface area contributed by atoms with Crippen LogP contribution in [0, 0.1) is 18.8 Å². The maximum atomic E-state index is 6.49. The summed E-state index contributed by atoms with van der Waals surface area (Å²) in [4.78, 5) is 9.11. The van der Waals surface area contributed by atoms with Crippen LogP contribution in [0.3, 0.4) is 0 Å². The molecule has 3 heterocycles. The molecular formula is C46H35N4OPt-3. The van der Waals surface area contributed by atoms with Crippen molar-refractivity contribution in [2.24, 2.45) is 0 Å². The van der Waals surface area contributed by atoms with Gasteiger partial charge in [-0.2, -0.15) is 12.1 Å². The summed E-state index contributed by atoms with van der Waals surface area (Å²) in [5.74, 6) is 2.05. The molecule has 0 fully saturated rings. The van der Waals surface area contributed by atoms with Gasteiger partial charge >= 0.3 is 0 Å². The third kappa shape index (κ3) is 6.05. The normalized spacial score (nSPS) is 12.6. The maximum absolute atomic E-state index is 6.49. The van der Waals surface area contributed by atoms with E-state index in [1.807, 2.05) is 42.6 Å². The Balaban J connectivity index is 0.00000387. The molecule has 6 heteroatoms. The van der Waals surface area contributed by atoms with Gasteiger partial charge in [-0.1, -0.05) is 99.1 Å². The summed E-state index contributed by atoms with van der Waals surface area (Å²) in [7, 11) is 0. The van der Waals surface area contributed by atoms with Crippen molar-refractivity contribution in [3.8, 4) is 28.4 Å². The molecule has 258 valence electrons. The van der Waals surface area contributed by atoms with E-state index in [4.69, 9.17) is 4.74 Å². The summed E-state index contributed by atoms with van der Waals surface area (Å²) >= 11 is 0. The average molecular weight is 855 g/mol. The zero-order valence-electron chi connectivity index (χ0n) is 29.0. The van der Waals surface area contributed by atoms with Gasteiger partial charge in [0.15, 0.2) is 0 Å². The largest absolute Gasteiger partial charge is 0.509 e. The Bertz CT molecular complexity index is 2540. The summed E-state index contributed by atoms with van der Waals surface area (Å²) in [5, 5.41) is 2.24. The smallest absolute Gasteiger partial charge is 0.135 e. The number of nitrogens with zero attached hydrogens (tertiary/aromatic N) is 4. The summed E-state index contributed by atoms with van der Waals surface area (Å²) in [6, 6.07) is 57.5. The minimum Gasteiger partial charge on any atom is -0.509 e. The molecule has 0 radical (unpaired) electrons. The van der Waals surface area contributed by atoms with Gasteiger partial charge in [-0.3, -0.25) is 0 Å². The van der Waals surface area contributed by atoms with Gasteiger partial charge in [0, 0.05) is 61.3 Å². The van der Waals surface area contributed by atoms with E-state index in [1.54, 1.807) is 0 Å². The Morgan fingerprint density at radius 1 is 0.615 bits per heavy atom. The number of pyridine rings is 1. The van der Waals surface area contributed by atoms with Crippen molar-refractivity contribution in [2.45, 2.75) is 26.2 Å². The standard InChI is InChI=1S/C46H35N4O.Pt/c1-46(2,3)34-26-33(32-14-5-4-6-15-32)27-36(28-34)49-31-48(42-20-9-10-21-43(42)49)35-16-13-17-37(29-35)51-38-23-24-40-39-18-7-8-19-41(39)50(44(40)30-38)45-22-11-12-25-47-45;/h4-28,31H,1-3H3;/q-3;. The first kappa shape index (κ1) is 33.5. The fraction of sp³-hybridized carbons (Fsp3) is 0.0870. The molecule has 0 N–H and O–H groups in total. The van der Waals surface area contributed by atoms with Gasteiger partial charge < -0.3 is 19.1 Å². The molecule has 5 nitrogen and oxygen atoms in total. The maximum Gasteiger partial charge on any atom is 0.135 e. The number of para-hydroxylation sites is 3. The second kappa shape index (κ2) is 13.5. The van der Waals surface area contributed by atoms with Crippen molar-refractivity contribution in [2.75, 3.05) is 9.80 Å². The fourth-order valence-corrected chi connectivity index (χ4v) is 6.90. The van der Waals surface area contributed by atoms with Gasteiger partial charge in [0.1, 0.15) is 5.82 Å². The summed E-state index contributed by atoms with van der Waals surface area (Å²) in [6.45, 7) is 8.95. The summed E-state index contributed by atoms with van der Waals surface area (Å²) < 4.78 is 8.63. The van der Waals surface area contributed by atoms with Crippen molar-refractivity contribution in [3.63, 3.8) is 0 Å². The van der Waals surface area contributed by atoms with E-state index >= 15 is 0 Å². The third-order valence-electron chi connectivity index (χ3n) is 9.47. The molecule has 1 aliphatic heterocycles. The number of fused-ring (bicyclic) bond motifs is 4. The Hall–Kier alpha value is -5.64. The Labute approximate surface area is 319 Å². The Morgan fingerprint density at radius 2 is 1.35 bits per heavy atom. The van der Waals surface area contributed by atoms with Gasteiger partial charge in [0.25, 0.3) is 0 Å². The molecule has 8 aromatic rings.